The van der Waals surface area contributed by atoms with Crippen molar-refractivity contribution < 1.29 is 9.53 Å². The van der Waals surface area contributed by atoms with Gasteiger partial charge in [0.05, 0.1) is 24.4 Å². The van der Waals surface area contributed by atoms with E-state index in [0.717, 1.165) is 10.2 Å². The van der Waals surface area contributed by atoms with E-state index >= 15 is 0 Å². The van der Waals surface area contributed by atoms with Gasteiger partial charge in [0.1, 0.15) is 11.2 Å². The van der Waals surface area contributed by atoms with Crippen molar-refractivity contribution in [2.45, 2.75) is 0 Å². The van der Waals surface area contributed by atoms with Crippen molar-refractivity contribution in [1.29, 1.82) is 0 Å². The van der Waals surface area contributed by atoms with E-state index in [2.05, 4.69) is 19.8 Å². The summed E-state index contributed by atoms with van der Waals surface area (Å²) in [6.45, 7) is 0. The Kier molecular flexibility index (Phi) is 2.64. The molecule has 0 atom stereocenters. The molecule has 0 saturated heterocycles. The first-order chi connectivity index (χ1) is 9.20. The molecule has 3 heterocycles. The molecule has 96 valence electrons. The van der Waals surface area contributed by atoms with Crippen molar-refractivity contribution in [1.82, 2.24) is 19.7 Å². The molecule has 0 aliphatic rings. The molecule has 0 bridgehead atoms. The van der Waals surface area contributed by atoms with Crippen LogP contribution in [0.4, 0.5) is 5.69 Å². The highest BCUT2D eigenvalue weighted by molar-refractivity contribution is 7.16. The van der Waals surface area contributed by atoms with Crippen molar-refractivity contribution in [2.24, 2.45) is 0 Å². The fraction of sp³-hybridized carbons (Fsp3) is 0.0909. The molecule has 0 unspecified atom stereocenters. The van der Waals surface area contributed by atoms with Gasteiger partial charge < -0.3 is 10.5 Å². The molecule has 3 aromatic rings. The van der Waals surface area contributed by atoms with Gasteiger partial charge in [-0.1, -0.05) is 0 Å². The van der Waals surface area contributed by atoms with E-state index in [1.54, 1.807) is 0 Å². The normalized spacial score (nSPS) is 10.8. The molecular weight excluding hydrogens is 266 g/mol. The molecule has 7 nitrogen and oxygen atoms in total. The first-order valence-electron chi connectivity index (χ1n) is 5.32. The number of hydrogen-bond acceptors (Lipinski definition) is 7. The van der Waals surface area contributed by atoms with Crippen molar-refractivity contribution in [3.8, 4) is 5.82 Å². The van der Waals surface area contributed by atoms with Gasteiger partial charge in [0.15, 0.2) is 11.5 Å². The van der Waals surface area contributed by atoms with Crippen LogP contribution < -0.4 is 5.73 Å². The van der Waals surface area contributed by atoms with Crippen LogP contribution in [-0.4, -0.2) is 32.8 Å². The van der Waals surface area contributed by atoms with Gasteiger partial charge >= 0.3 is 5.97 Å². The zero-order chi connectivity index (χ0) is 13.4. The summed E-state index contributed by atoms with van der Waals surface area (Å²) in [6.07, 6.45) is 2.98. The summed E-state index contributed by atoms with van der Waals surface area (Å²) in [4.78, 5) is 20.7. The summed E-state index contributed by atoms with van der Waals surface area (Å²) in [6, 6.07) is 1.89. The lowest BCUT2D eigenvalue weighted by atomic mass is 10.4. The Morgan fingerprint density at radius 3 is 3.11 bits per heavy atom. The highest BCUT2D eigenvalue weighted by atomic mass is 32.1. The molecular formula is C11H9N5O2S. The maximum absolute atomic E-state index is 11.5. The standard InChI is InChI=1S/C11H9N5O2S/c1-18-11(17)8-7(12)4-16(15-8)9-6-2-3-19-10(6)14-5-13-9/h2-5H,12H2,1H3. The largest absolute Gasteiger partial charge is 0.464 e. The molecule has 0 aliphatic carbocycles. The van der Waals surface area contributed by atoms with Gasteiger partial charge in [0.25, 0.3) is 0 Å². The minimum Gasteiger partial charge on any atom is -0.464 e. The lowest BCUT2D eigenvalue weighted by Gasteiger charge is -2.00. The number of carbonyl (C=O) groups is 1. The SMILES string of the molecule is COC(=O)c1nn(-c2ncnc3sccc23)cc1N. The van der Waals surface area contributed by atoms with E-state index in [4.69, 9.17) is 5.73 Å². The summed E-state index contributed by atoms with van der Waals surface area (Å²) in [5.74, 6) is -0.0000262. The molecule has 2 N–H and O–H groups in total. The Morgan fingerprint density at radius 1 is 1.47 bits per heavy atom. The zero-order valence-electron chi connectivity index (χ0n) is 9.90. The number of fused-ring (bicyclic) bond motifs is 1. The van der Waals surface area contributed by atoms with Crippen LogP contribution in [0.3, 0.4) is 0 Å². The van der Waals surface area contributed by atoms with Gasteiger partial charge in [-0.2, -0.15) is 5.10 Å². The van der Waals surface area contributed by atoms with Crippen molar-refractivity contribution in [3.63, 3.8) is 0 Å². The van der Waals surface area contributed by atoms with Crippen LogP contribution in [0.15, 0.2) is 24.0 Å². The highest BCUT2D eigenvalue weighted by Gasteiger charge is 2.17. The molecule has 0 radical (unpaired) electrons. The summed E-state index contributed by atoms with van der Waals surface area (Å²) in [7, 11) is 1.28. The first-order valence-corrected chi connectivity index (χ1v) is 6.20. The van der Waals surface area contributed by atoms with Crippen LogP contribution in [0.5, 0.6) is 0 Å². The fourth-order valence-corrected chi connectivity index (χ4v) is 2.44. The fourth-order valence-electron chi connectivity index (χ4n) is 1.71. The molecule has 0 spiro atoms. The maximum atomic E-state index is 11.5. The number of carbonyl (C=O) groups excluding carboxylic acids is 1. The summed E-state index contributed by atoms with van der Waals surface area (Å²) >= 11 is 1.50. The summed E-state index contributed by atoms with van der Waals surface area (Å²) < 4.78 is 6.07. The quantitative estimate of drug-likeness (QED) is 0.707. The summed E-state index contributed by atoms with van der Waals surface area (Å²) in [5.41, 5.74) is 6.07. The number of hydrogen-bond donors (Lipinski definition) is 1. The van der Waals surface area contributed by atoms with Crippen LogP contribution >= 0.6 is 11.3 Å². The average molecular weight is 275 g/mol. The predicted molar refractivity (Wildman–Crippen MR) is 70.3 cm³/mol. The zero-order valence-corrected chi connectivity index (χ0v) is 10.7. The van der Waals surface area contributed by atoms with Crippen LogP contribution in [0.2, 0.25) is 0 Å². The van der Waals surface area contributed by atoms with Crippen LogP contribution in [0.1, 0.15) is 10.5 Å². The maximum Gasteiger partial charge on any atom is 0.360 e. The second-order valence-corrected chi connectivity index (χ2v) is 4.60. The highest BCUT2D eigenvalue weighted by Crippen LogP contribution is 2.24. The lowest BCUT2D eigenvalue weighted by molar-refractivity contribution is 0.0594. The number of nitrogens with two attached hydrogens (primary N) is 1. The number of rotatable bonds is 2. The third kappa shape index (κ3) is 1.82. The number of nitrogens with zero attached hydrogens (tertiary/aromatic N) is 4. The minimum absolute atomic E-state index is 0.0736. The molecule has 0 aliphatic heterocycles. The number of methoxy groups -OCH3 is 1. The first kappa shape index (κ1) is 11.6. The van der Waals surface area contributed by atoms with E-state index in [-0.39, 0.29) is 11.4 Å². The van der Waals surface area contributed by atoms with Gasteiger partial charge in [-0.25, -0.2) is 19.4 Å². The van der Waals surface area contributed by atoms with E-state index < -0.39 is 5.97 Å². The Bertz CT molecular complexity index is 763. The van der Waals surface area contributed by atoms with Gasteiger partial charge in [-0.15, -0.1) is 11.3 Å². The molecule has 0 amide bonds. The predicted octanol–water partition coefficient (Wildman–Crippen LogP) is 1.25. The number of aromatic nitrogens is 4. The van der Waals surface area contributed by atoms with Crippen LogP contribution in [0.25, 0.3) is 16.0 Å². The van der Waals surface area contributed by atoms with E-state index in [9.17, 15) is 4.79 Å². The number of anilines is 1. The van der Waals surface area contributed by atoms with E-state index in [1.807, 2.05) is 11.4 Å². The Balaban J connectivity index is 2.17. The molecule has 0 saturated carbocycles. The number of ether oxygens (including phenoxy) is 1. The van der Waals surface area contributed by atoms with Crippen molar-refractivity contribution >= 4 is 33.2 Å². The monoisotopic (exact) mass is 275 g/mol. The average Bonchev–Trinajstić information content (AvgIpc) is 3.03. The molecule has 19 heavy (non-hydrogen) atoms. The third-order valence-corrected chi connectivity index (χ3v) is 3.40. The van der Waals surface area contributed by atoms with Gasteiger partial charge in [0.2, 0.25) is 0 Å². The van der Waals surface area contributed by atoms with Crippen LogP contribution in [-0.2, 0) is 4.74 Å². The van der Waals surface area contributed by atoms with Gasteiger partial charge in [-0.05, 0) is 11.4 Å². The number of nitrogen functional groups attached to an aromatic ring is 1. The molecule has 3 rings (SSSR count). The second kappa shape index (κ2) is 4.32. The van der Waals surface area contributed by atoms with Crippen molar-refractivity contribution in [2.75, 3.05) is 12.8 Å². The lowest BCUT2D eigenvalue weighted by Crippen LogP contribution is -2.06. The Labute approximate surface area is 111 Å². The smallest absolute Gasteiger partial charge is 0.360 e. The van der Waals surface area contributed by atoms with E-state index in [0.29, 0.717) is 5.82 Å². The Hall–Kier alpha value is -2.48. The minimum atomic E-state index is -0.577. The van der Waals surface area contributed by atoms with Crippen LogP contribution in [0, 0.1) is 0 Å². The Morgan fingerprint density at radius 2 is 2.32 bits per heavy atom. The molecule has 3 aromatic heterocycles. The third-order valence-electron chi connectivity index (χ3n) is 2.58. The molecule has 0 fully saturated rings. The topological polar surface area (TPSA) is 95.9 Å². The van der Waals surface area contributed by atoms with Gasteiger partial charge in [-0.3, -0.25) is 0 Å². The number of esters is 1. The van der Waals surface area contributed by atoms with Crippen molar-refractivity contribution in [3.05, 3.63) is 29.7 Å². The second-order valence-electron chi connectivity index (χ2n) is 3.71. The molecule has 8 heteroatoms. The van der Waals surface area contributed by atoms with Gasteiger partial charge in [0, 0.05) is 0 Å². The number of thiophene rings is 1. The van der Waals surface area contributed by atoms with E-state index in [1.165, 1.54) is 35.7 Å². The molecule has 0 aromatic carbocycles. The summed E-state index contributed by atoms with van der Waals surface area (Å²) in [5, 5.41) is 6.88.